The molecule has 2 aromatic rings. The maximum absolute atomic E-state index is 12.6. The normalized spacial score (nSPS) is 10.6. The van der Waals surface area contributed by atoms with Crippen molar-refractivity contribution < 1.29 is 28.8 Å². The van der Waals surface area contributed by atoms with E-state index in [1.54, 1.807) is 24.3 Å². The molecule has 6 heteroatoms. The third-order valence-corrected chi connectivity index (χ3v) is 3.64. The van der Waals surface area contributed by atoms with Gasteiger partial charge in [-0.05, 0) is 36.4 Å². The van der Waals surface area contributed by atoms with E-state index in [-0.39, 0.29) is 17.1 Å². The number of hydrogen-bond donors (Lipinski definition) is 1. The minimum absolute atomic E-state index is 0.0203. The fourth-order valence-corrected chi connectivity index (χ4v) is 2.44. The lowest BCUT2D eigenvalue weighted by Crippen LogP contribution is -2.02. The molecule has 0 bridgehead atoms. The van der Waals surface area contributed by atoms with Gasteiger partial charge in [0.25, 0.3) is 0 Å². The van der Waals surface area contributed by atoms with Crippen LogP contribution < -0.4 is 18.9 Å². The van der Waals surface area contributed by atoms with Gasteiger partial charge in [-0.1, -0.05) is 6.07 Å². The SMILES string of the molecule is COc1cccc(OC)c1/C=C/C(=O)c1c(O)ccc(OC)c1OC. The third kappa shape index (κ3) is 3.68. The molecular weight excluding hydrogens is 324 g/mol. The minimum Gasteiger partial charge on any atom is -0.507 e. The van der Waals surface area contributed by atoms with E-state index < -0.39 is 5.78 Å². The molecule has 0 saturated carbocycles. The first-order valence-corrected chi connectivity index (χ1v) is 7.44. The molecule has 0 fully saturated rings. The highest BCUT2D eigenvalue weighted by atomic mass is 16.5. The molecule has 25 heavy (non-hydrogen) atoms. The summed E-state index contributed by atoms with van der Waals surface area (Å²) in [6, 6.07) is 8.21. The summed E-state index contributed by atoms with van der Waals surface area (Å²) >= 11 is 0. The fraction of sp³-hybridized carbons (Fsp3) is 0.211. The molecule has 0 amide bonds. The van der Waals surface area contributed by atoms with E-state index in [1.165, 1.54) is 46.6 Å². The number of ketones is 1. The molecule has 0 radical (unpaired) electrons. The van der Waals surface area contributed by atoms with Gasteiger partial charge in [-0.2, -0.15) is 0 Å². The van der Waals surface area contributed by atoms with E-state index in [0.29, 0.717) is 22.8 Å². The van der Waals surface area contributed by atoms with Crippen LogP contribution in [0.5, 0.6) is 28.7 Å². The zero-order chi connectivity index (χ0) is 18.4. The molecule has 0 aromatic heterocycles. The van der Waals surface area contributed by atoms with Crippen LogP contribution in [0.4, 0.5) is 0 Å². The van der Waals surface area contributed by atoms with Crippen molar-refractivity contribution in [2.75, 3.05) is 28.4 Å². The van der Waals surface area contributed by atoms with Gasteiger partial charge in [0.15, 0.2) is 17.3 Å². The number of hydrogen-bond acceptors (Lipinski definition) is 6. The van der Waals surface area contributed by atoms with Crippen LogP contribution >= 0.6 is 0 Å². The van der Waals surface area contributed by atoms with Crippen LogP contribution in [0.1, 0.15) is 15.9 Å². The second-order valence-corrected chi connectivity index (χ2v) is 4.97. The molecule has 1 N–H and O–H groups in total. The molecule has 0 heterocycles. The van der Waals surface area contributed by atoms with Gasteiger partial charge < -0.3 is 24.1 Å². The van der Waals surface area contributed by atoms with Crippen LogP contribution in [-0.2, 0) is 0 Å². The second-order valence-electron chi connectivity index (χ2n) is 4.97. The third-order valence-electron chi connectivity index (χ3n) is 3.64. The van der Waals surface area contributed by atoms with Crippen LogP contribution in [0.2, 0.25) is 0 Å². The highest BCUT2D eigenvalue weighted by molar-refractivity contribution is 6.11. The molecular formula is C19H20O6. The predicted octanol–water partition coefficient (Wildman–Crippen LogP) is 3.32. The Balaban J connectivity index is 2.46. The number of aromatic hydroxyl groups is 1. The van der Waals surface area contributed by atoms with Gasteiger partial charge in [0.2, 0.25) is 0 Å². The van der Waals surface area contributed by atoms with E-state index in [9.17, 15) is 9.90 Å². The summed E-state index contributed by atoms with van der Waals surface area (Å²) in [6.45, 7) is 0. The largest absolute Gasteiger partial charge is 0.507 e. The molecule has 2 aromatic carbocycles. The van der Waals surface area contributed by atoms with E-state index >= 15 is 0 Å². The van der Waals surface area contributed by atoms with Crippen LogP contribution in [0, 0.1) is 0 Å². The number of allylic oxidation sites excluding steroid dienone is 1. The standard InChI is InChI=1S/C19H20O6/c1-22-15-6-5-7-16(23-2)12(15)8-9-13(20)18-14(21)10-11-17(24-3)19(18)25-4/h5-11,21H,1-4H3/b9-8+. The molecule has 6 nitrogen and oxygen atoms in total. The monoisotopic (exact) mass is 344 g/mol. The van der Waals surface area contributed by atoms with Gasteiger partial charge in [-0.25, -0.2) is 0 Å². The van der Waals surface area contributed by atoms with Crippen molar-refractivity contribution in [3.63, 3.8) is 0 Å². The molecule has 0 spiro atoms. The lowest BCUT2D eigenvalue weighted by Gasteiger charge is -2.12. The van der Waals surface area contributed by atoms with Gasteiger partial charge in [0, 0.05) is 0 Å². The summed E-state index contributed by atoms with van der Waals surface area (Å²) in [7, 11) is 5.93. The van der Waals surface area contributed by atoms with Crippen LogP contribution in [0.15, 0.2) is 36.4 Å². The first-order valence-electron chi connectivity index (χ1n) is 7.44. The summed E-state index contributed by atoms with van der Waals surface area (Å²) in [5.74, 6) is 1.01. The Kier molecular flexibility index (Phi) is 5.89. The zero-order valence-electron chi connectivity index (χ0n) is 14.5. The van der Waals surface area contributed by atoms with Gasteiger partial charge >= 0.3 is 0 Å². The van der Waals surface area contributed by atoms with Crippen LogP contribution in [0.25, 0.3) is 6.08 Å². The summed E-state index contributed by atoms with van der Waals surface area (Å²) in [6.07, 6.45) is 2.88. The molecule has 0 saturated heterocycles. The Morgan fingerprint density at radius 2 is 1.48 bits per heavy atom. The Morgan fingerprint density at radius 3 is 2.00 bits per heavy atom. The van der Waals surface area contributed by atoms with Crippen molar-refractivity contribution in [3.8, 4) is 28.7 Å². The first-order chi connectivity index (χ1) is 12.1. The lowest BCUT2D eigenvalue weighted by molar-refractivity contribution is 0.104. The average molecular weight is 344 g/mol. The van der Waals surface area contributed by atoms with Crippen LogP contribution in [-0.4, -0.2) is 39.3 Å². The number of ether oxygens (including phenoxy) is 4. The molecule has 0 atom stereocenters. The highest BCUT2D eigenvalue weighted by Gasteiger charge is 2.20. The fourth-order valence-electron chi connectivity index (χ4n) is 2.44. The van der Waals surface area contributed by atoms with E-state index in [2.05, 4.69) is 0 Å². The number of rotatable bonds is 7. The van der Waals surface area contributed by atoms with Crippen molar-refractivity contribution in [2.24, 2.45) is 0 Å². The Bertz CT molecular complexity index is 772. The van der Waals surface area contributed by atoms with Crippen molar-refractivity contribution in [1.29, 1.82) is 0 Å². The molecule has 0 aliphatic carbocycles. The van der Waals surface area contributed by atoms with E-state index in [1.807, 2.05) is 0 Å². The summed E-state index contributed by atoms with van der Waals surface area (Å²) in [4.78, 5) is 12.6. The van der Waals surface area contributed by atoms with Crippen molar-refractivity contribution >= 4 is 11.9 Å². The van der Waals surface area contributed by atoms with Crippen molar-refractivity contribution in [1.82, 2.24) is 0 Å². The number of carbonyl (C=O) groups excluding carboxylic acids is 1. The quantitative estimate of drug-likeness (QED) is 0.613. The van der Waals surface area contributed by atoms with Crippen LogP contribution in [0.3, 0.4) is 0 Å². The topological polar surface area (TPSA) is 74.2 Å². The maximum Gasteiger partial charge on any atom is 0.193 e. The number of benzene rings is 2. The Morgan fingerprint density at radius 1 is 0.880 bits per heavy atom. The molecule has 0 unspecified atom stereocenters. The number of phenols is 1. The smallest absolute Gasteiger partial charge is 0.193 e. The Hall–Kier alpha value is -3.15. The number of methoxy groups -OCH3 is 4. The van der Waals surface area contributed by atoms with Crippen molar-refractivity contribution in [2.45, 2.75) is 0 Å². The molecule has 0 aliphatic heterocycles. The minimum atomic E-state index is -0.443. The zero-order valence-corrected chi connectivity index (χ0v) is 14.5. The lowest BCUT2D eigenvalue weighted by atomic mass is 10.1. The second kappa shape index (κ2) is 8.10. The van der Waals surface area contributed by atoms with Gasteiger partial charge in [-0.15, -0.1) is 0 Å². The summed E-state index contributed by atoms with van der Waals surface area (Å²) < 4.78 is 21.0. The van der Waals surface area contributed by atoms with E-state index in [0.717, 1.165) is 0 Å². The van der Waals surface area contributed by atoms with Gasteiger partial charge in [0.05, 0.1) is 34.0 Å². The molecule has 132 valence electrons. The van der Waals surface area contributed by atoms with Gasteiger partial charge in [0.1, 0.15) is 22.8 Å². The summed E-state index contributed by atoms with van der Waals surface area (Å²) in [5, 5.41) is 10.1. The van der Waals surface area contributed by atoms with Gasteiger partial charge in [-0.3, -0.25) is 4.79 Å². The predicted molar refractivity (Wildman–Crippen MR) is 94.1 cm³/mol. The highest BCUT2D eigenvalue weighted by Crippen LogP contribution is 2.37. The molecule has 2 rings (SSSR count). The average Bonchev–Trinajstić information content (AvgIpc) is 2.65. The number of phenolic OH excluding ortho intramolecular Hbond substituents is 1. The number of carbonyl (C=O) groups is 1. The van der Waals surface area contributed by atoms with E-state index in [4.69, 9.17) is 18.9 Å². The maximum atomic E-state index is 12.6. The molecule has 0 aliphatic rings. The first kappa shape index (κ1) is 18.2. The van der Waals surface area contributed by atoms with Crippen molar-refractivity contribution in [3.05, 3.63) is 47.5 Å². The summed E-state index contributed by atoms with van der Waals surface area (Å²) in [5.41, 5.74) is 0.633. The Labute approximate surface area is 146 Å².